The topological polar surface area (TPSA) is 81.0 Å². The summed E-state index contributed by atoms with van der Waals surface area (Å²) in [6.07, 6.45) is 0.931. The highest BCUT2D eigenvalue weighted by atomic mass is 32.2. The molecule has 3 N–H and O–H groups in total. The van der Waals surface area contributed by atoms with E-state index < -0.39 is 16.9 Å². The van der Waals surface area contributed by atoms with Crippen molar-refractivity contribution < 1.29 is 24.5 Å². The molecule has 1 aliphatic rings. The fraction of sp³-hybridized carbons (Fsp3) is 0.269. The smallest absolute Gasteiger partial charge is 0.287 e. The molecule has 33 heavy (non-hydrogen) atoms. The van der Waals surface area contributed by atoms with Gasteiger partial charge in [-0.05, 0) is 68.1 Å². The molecule has 3 aromatic rings. The number of anilines is 1. The van der Waals surface area contributed by atoms with E-state index in [1.54, 1.807) is 23.1 Å². The monoisotopic (exact) mass is 467 g/mol. The Balaban J connectivity index is 1.60. The van der Waals surface area contributed by atoms with Crippen LogP contribution in [-0.2, 0) is 0 Å². The van der Waals surface area contributed by atoms with E-state index >= 15 is 0 Å². The van der Waals surface area contributed by atoms with Gasteiger partial charge in [-0.3, -0.25) is 9.69 Å². The first kappa shape index (κ1) is 23.1. The number of aliphatic hydroxyl groups excluding tert-OH is 1. The molecule has 0 bridgehead atoms. The summed E-state index contributed by atoms with van der Waals surface area (Å²) in [6.45, 7) is 1.99. The molecule has 0 aliphatic carbocycles. The summed E-state index contributed by atoms with van der Waals surface area (Å²) in [5.74, 6) is -0.478. The highest BCUT2D eigenvalue weighted by Gasteiger charge is 2.51. The number of carbonyl (C=O) groups excluding carboxylic acids is 1. The molecule has 0 aromatic heterocycles. The number of hydrogen-bond acceptors (Lipinski definition) is 5. The quantitative estimate of drug-likeness (QED) is 0.379. The van der Waals surface area contributed by atoms with Crippen molar-refractivity contribution in [2.45, 2.75) is 43.1 Å². The van der Waals surface area contributed by atoms with Crippen molar-refractivity contribution in [3.63, 3.8) is 0 Å². The minimum absolute atomic E-state index is 0.0522. The van der Waals surface area contributed by atoms with Crippen molar-refractivity contribution in [1.29, 1.82) is 0 Å². The number of phenols is 2. The van der Waals surface area contributed by atoms with E-state index in [1.165, 1.54) is 36.0 Å². The molecule has 1 amide bonds. The second-order valence-electron chi connectivity index (χ2n) is 8.49. The van der Waals surface area contributed by atoms with E-state index in [0.29, 0.717) is 30.4 Å². The minimum atomic E-state index is -0.734. The van der Waals surface area contributed by atoms with Crippen LogP contribution < -0.4 is 4.90 Å². The van der Waals surface area contributed by atoms with Crippen LogP contribution in [0.5, 0.6) is 11.5 Å². The number of nitrogens with zero attached hydrogens (tertiary/aromatic N) is 1. The van der Waals surface area contributed by atoms with Crippen LogP contribution in [0.2, 0.25) is 0 Å². The van der Waals surface area contributed by atoms with Gasteiger partial charge >= 0.3 is 0 Å². The average Bonchev–Trinajstić information content (AvgIpc) is 3.04. The van der Waals surface area contributed by atoms with E-state index in [-0.39, 0.29) is 22.6 Å². The van der Waals surface area contributed by atoms with Gasteiger partial charge in [-0.15, -0.1) is 0 Å². The Morgan fingerprint density at radius 3 is 2.42 bits per heavy atom. The number of para-hydroxylation sites is 1. The lowest BCUT2D eigenvalue weighted by molar-refractivity contribution is 0.162. The first-order valence-corrected chi connectivity index (χ1v) is 11.6. The zero-order valence-corrected chi connectivity index (χ0v) is 19.0. The lowest BCUT2D eigenvalue weighted by Crippen LogP contribution is -2.35. The molecule has 0 spiro atoms. The largest absolute Gasteiger partial charge is 0.508 e. The van der Waals surface area contributed by atoms with E-state index in [0.717, 1.165) is 5.69 Å². The normalized spacial score (nSPS) is 21.4. The Morgan fingerprint density at radius 1 is 1.06 bits per heavy atom. The molecular weight excluding hydrogens is 441 g/mol. The zero-order chi connectivity index (χ0) is 23.6. The standard InChI is InChI=1S/C26H26FNO4S/c1-26(15-5-8-22(30)17-9-11-18(27)12-10-17)24(21-14-13-20(29)16-23(21)31)28(25(32)33-26)19-6-3-2-4-7-19/h2-4,6-7,9-14,16,22,24,29-31H,5,8,15H2,1H3/t22?,24-,26-/m1/s1. The Bertz CT molecular complexity index is 1120. The third kappa shape index (κ3) is 4.84. The number of carbonyl (C=O) groups is 1. The van der Waals surface area contributed by atoms with Gasteiger partial charge in [-0.25, -0.2) is 4.39 Å². The Morgan fingerprint density at radius 2 is 1.76 bits per heavy atom. The molecule has 1 fully saturated rings. The van der Waals surface area contributed by atoms with E-state index in [4.69, 9.17) is 0 Å². The van der Waals surface area contributed by atoms with Crippen molar-refractivity contribution in [3.05, 3.63) is 89.7 Å². The number of rotatable bonds is 7. The number of halogens is 1. The first-order valence-electron chi connectivity index (χ1n) is 10.8. The molecule has 3 atom stereocenters. The van der Waals surface area contributed by atoms with E-state index in [2.05, 4.69) is 0 Å². The van der Waals surface area contributed by atoms with Crippen molar-refractivity contribution in [1.82, 2.24) is 0 Å². The molecule has 1 unspecified atom stereocenters. The predicted octanol–water partition coefficient (Wildman–Crippen LogP) is 6.31. The van der Waals surface area contributed by atoms with Crippen LogP contribution in [0.4, 0.5) is 14.9 Å². The third-order valence-corrected chi connectivity index (χ3v) is 7.37. The van der Waals surface area contributed by atoms with E-state index in [9.17, 15) is 24.5 Å². The van der Waals surface area contributed by atoms with Gasteiger partial charge in [0.2, 0.25) is 0 Å². The number of aromatic hydroxyl groups is 2. The van der Waals surface area contributed by atoms with Crippen LogP contribution in [-0.4, -0.2) is 25.3 Å². The molecule has 172 valence electrons. The Kier molecular flexibility index (Phi) is 6.63. The number of aliphatic hydroxyl groups is 1. The van der Waals surface area contributed by atoms with Crippen molar-refractivity contribution in [2.24, 2.45) is 0 Å². The van der Waals surface area contributed by atoms with Crippen LogP contribution in [0.15, 0.2) is 72.8 Å². The van der Waals surface area contributed by atoms with Crippen LogP contribution in [0.25, 0.3) is 0 Å². The average molecular weight is 468 g/mol. The molecule has 1 heterocycles. The van der Waals surface area contributed by atoms with E-state index in [1.807, 2.05) is 37.3 Å². The van der Waals surface area contributed by atoms with Gasteiger partial charge in [-0.2, -0.15) is 0 Å². The van der Waals surface area contributed by atoms with Crippen LogP contribution in [0.1, 0.15) is 49.5 Å². The van der Waals surface area contributed by atoms with Crippen molar-refractivity contribution in [2.75, 3.05) is 4.90 Å². The van der Waals surface area contributed by atoms with Crippen LogP contribution in [0.3, 0.4) is 0 Å². The van der Waals surface area contributed by atoms with Crippen molar-refractivity contribution >= 4 is 22.7 Å². The summed E-state index contributed by atoms with van der Waals surface area (Å²) >= 11 is 1.22. The Labute approximate surface area is 196 Å². The highest BCUT2D eigenvalue weighted by Crippen LogP contribution is 2.55. The molecule has 7 heteroatoms. The molecule has 1 aliphatic heterocycles. The number of phenolic OH excluding ortho intramolecular Hbond substituents is 2. The number of thioether (sulfide) groups is 1. The molecule has 0 saturated carbocycles. The van der Waals surface area contributed by atoms with Gasteiger partial charge in [0, 0.05) is 22.1 Å². The van der Waals surface area contributed by atoms with Gasteiger partial charge in [-0.1, -0.05) is 42.1 Å². The molecular formula is C26H26FNO4S. The fourth-order valence-electron chi connectivity index (χ4n) is 4.44. The summed E-state index contributed by atoms with van der Waals surface area (Å²) in [7, 11) is 0. The maximum absolute atomic E-state index is 13.2. The van der Waals surface area contributed by atoms with Crippen LogP contribution >= 0.6 is 11.8 Å². The SMILES string of the molecule is C[C@]1(CCCC(O)c2ccc(F)cc2)SC(=O)N(c2ccccc2)[C@@H]1c1ccc(O)cc1O. The van der Waals surface area contributed by atoms with Gasteiger partial charge in [0.15, 0.2) is 0 Å². The molecule has 1 saturated heterocycles. The molecule has 5 nitrogen and oxygen atoms in total. The number of benzene rings is 3. The highest BCUT2D eigenvalue weighted by molar-refractivity contribution is 8.15. The lowest BCUT2D eigenvalue weighted by atomic mass is 9.86. The van der Waals surface area contributed by atoms with Crippen molar-refractivity contribution in [3.8, 4) is 11.5 Å². The van der Waals surface area contributed by atoms with Gasteiger partial charge in [0.1, 0.15) is 17.3 Å². The summed E-state index contributed by atoms with van der Waals surface area (Å²) in [4.78, 5) is 14.9. The zero-order valence-electron chi connectivity index (χ0n) is 18.2. The van der Waals surface area contributed by atoms with Gasteiger partial charge in [0.25, 0.3) is 5.24 Å². The molecule has 4 rings (SSSR count). The summed E-state index contributed by atoms with van der Waals surface area (Å²) in [6, 6.07) is 19.1. The van der Waals surface area contributed by atoms with Gasteiger partial charge in [0.05, 0.1) is 12.1 Å². The Hall–Kier alpha value is -3.03. The van der Waals surface area contributed by atoms with Gasteiger partial charge < -0.3 is 15.3 Å². The summed E-state index contributed by atoms with van der Waals surface area (Å²) in [5.41, 5.74) is 1.93. The second-order valence-corrected chi connectivity index (χ2v) is 9.98. The molecule has 3 aromatic carbocycles. The molecule has 0 radical (unpaired) electrons. The predicted molar refractivity (Wildman–Crippen MR) is 128 cm³/mol. The minimum Gasteiger partial charge on any atom is -0.508 e. The third-order valence-electron chi connectivity index (χ3n) is 6.10. The maximum Gasteiger partial charge on any atom is 0.287 e. The lowest BCUT2D eigenvalue weighted by Gasteiger charge is -2.35. The van der Waals surface area contributed by atoms with Crippen LogP contribution in [0, 0.1) is 5.82 Å². The summed E-state index contributed by atoms with van der Waals surface area (Å²) < 4.78 is 12.6. The first-order chi connectivity index (χ1) is 15.8. The second kappa shape index (κ2) is 9.45. The summed E-state index contributed by atoms with van der Waals surface area (Å²) in [5, 5.41) is 30.8. The maximum atomic E-state index is 13.2. The fourth-order valence-corrected chi connectivity index (χ4v) is 5.74. The number of amides is 1. The number of hydrogen-bond donors (Lipinski definition) is 3.